The minimum Gasteiger partial charge on any atom is -0.497 e. The lowest BCUT2D eigenvalue weighted by atomic mass is 10.0. The Morgan fingerprint density at radius 2 is 1.68 bits per heavy atom. The van der Waals surface area contributed by atoms with E-state index < -0.39 is 6.04 Å². The zero-order chi connectivity index (χ0) is 27.5. The molecule has 0 aromatic heterocycles. The molecule has 0 aliphatic carbocycles. The number of halogens is 2. The fourth-order valence-corrected chi connectivity index (χ4v) is 5.11. The highest BCUT2D eigenvalue weighted by atomic mass is 35.5. The summed E-state index contributed by atoms with van der Waals surface area (Å²) in [6, 6.07) is 22.2. The molecule has 3 aromatic carbocycles. The molecule has 2 atom stereocenters. The van der Waals surface area contributed by atoms with E-state index in [9.17, 15) is 9.59 Å². The quantitative estimate of drug-likeness (QED) is 0.245. The van der Waals surface area contributed by atoms with E-state index in [0.717, 1.165) is 23.1 Å². The van der Waals surface area contributed by atoms with Gasteiger partial charge in [-0.25, -0.2) is 0 Å². The number of rotatable bonds is 13. The fourth-order valence-electron chi connectivity index (χ4n) is 3.93. The van der Waals surface area contributed by atoms with Gasteiger partial charge in [-0.1, -0.05) is 78.7 Å². The third kappa shape index (κ3) is 8.97. The lowest BCUT2D eigenvalue weighted by molar-refractivity contribution is -0.139. The van der Waals surface area contributed by atoms with Crippen LogP contribution in [-0.4, -0.2) is 41.7 Å². The van der Waals surface area contributed by atoms with E-state index in [1.54, 1.807) is 18.1 Å². The van der Waals surface area contributed by atoms with Crippen molar-refractivity contribution in [2.45, 2.75) is 51.1 Å². The Labute approximate surface area is 239 Å². The number of thioether (sulfide) groups is 1. The number of benzene rings is 3. The molecule has 0 heterocycles. The number of carbonyl (C=O) groups excluding carboxylic acids is 2. The molecule has 2 amide bonds. The molecule has 0 saturated carbocycles. The van der Waals surface area contributed by atoms with Crippen molar-refractivity contribution in [3.8, 4) is 5.75 Å². The van der Waals surface area contributed by atoms with E-state index in [4.69, 9.17) is 27.9 Å². The maximum absolute atomic E-state index is 13.8. The van der Waals surface area contributed by atoms with E-state index in [1.165, 1.54) is 11.8 Å². The first-order chi connectivity index (χ1) is 18.3. The molecule has 3 aromatic rings. The molecule has 0 bridgehead atoms. The highest BCUT2D eigenvalue weighted by Gasteiger charge is 2.31. The summed E-state index contributed by atoms with van der Waals surface area (Å²) in [7, 11) is 1.61. The number of ether oxygens (including phenoxy) is 1. The lowest BCUT2D eigenvalue weighted by Crippen LogP contribution is -2.52. The van der Waals surface area contributed by atoms with Crippen molar-refractivity contribution >= 4 is 46.8 Å². The van der Waals surface area contributed by atoms with Crippen LogP contribution in [0.5, 0.6) is 5.75 Å². The second kappa shape index (κ2) is 15.1. The van der Waals surface area contributed by atoms with Crippen molar-refractivity contribution in [1.82, 2.24) is 10.2 Å². The molecule has 0 fully saturated rings. The minimum absolute atomic E-state index is 0.00132. The van der Waals surface area contributed by atoms with Gasteiger partial charge in [0.1, 0.15) is 11.8 Å². The molecule has 0 aliphatic heterocycles. The van der Waals surface area contributed by atoms with Crippen LogP contribution in [0.3, 0.4) is 0 Å². The van der Waals surface area contributed by atoms with Crippen molar-refractivity contribution in [2.75, 3.05) is 12.9 Å². The standard InChI is InChI=1S/C30H34Cl2N2O3S/c1-4-21(2)33-30(36)28(17-22-9-6-5-7-10-22)34(18-23-11-8-12-25(15-23)37-3)29(35)20-38-19-24-13-14-26(31)27(32)16-24/h5-16,21,28H,4,17-20H2,1-3H3,(H,33,36)/t21-,28+/m1/s1. The third-order valence-electron chi connectivity index (χ3n) is 6.24. The molecule has 8 heteroatoms. The maximum Gasteiger partial charge on any atom is 0.243 e. The molecule has 3 rings (SSSR count). The Hall–Kier alpha value is -2.67. The van der Waals surface area contributed by atoms with E-state index in [1.807, 2.05) is 80.6 Å². The highest BCUT2D eigenvalue weighted by Crippen LogP contribution is 2.25. The van der Waals surface area contributed by atoms with Crippen LogP contribution in [0.15, 0.2) is 72.8 Å². The largest absolute Gasteiger partial charge is 0.497 e. The Bertz CT molecular complexity index is 1210. The average molecular weight is 574 g/mol. The zero-order valence-electron chi connectivity index (χ0n) is 22.0. The Kier molecular flexibility index (Phi) is 11.8. The van der Waals surface area contributed by atoms with E-state index in [2.05, 4.69) is 5.32 Å². The van der Waals surface area contributed by atoms with Gasteiger partial charge < -0.3 is 15.0 Å². The Morgan fingerprint density at radius 3 is 2.37 bits per heavy atom. The van der Waals surface area contributed by atoms with Crippen LogP contribution in [-0.2, 0) is 28.3 Å². The summed E-state index contributed by atoms with van der Waals surface area (Å²) in [5, 5.41) is 4.08. The van der Waals surface area contributed by atoms with Gasteiger partial charge in [0.15, 0.2) is 0 Å². The smallest absolute Gasteiger partial charge is 0.243 e. The van der Waals surface area contributed by atoms with Crippen molar-refractivity contribution in [3.05, 3.63) is 99.5 Å². The lowest BCUT2D eigenvalue weighted by Gasteiger charge is -2.32. The van der Waals surface area contributed by atoms with Crippen LogP contribution in [0.4, 0.5) is 0 Å². The predicted molar refractivity (Wildman–Crippen MR) is 158 cm³/mol. The van der Waals surface area contributed by atoms with Crippen LogP contribution in [0.1, 0.15) is 37.0 Å². The Balaban J connectivity index is 1.87. The first-order valence-electron chi connectivity index (χ1n) is 12.6. The number of nitrogens with one attached hydrogen (secondary N) is 1. The van der Waals surface area contributed by atoms with Crippen molar-refractivity contribution in [1.29, 1.82) is 0 Å². The van der Waals surface area contributed by atoms with Crippen molar-refractivity contribution < 1.29 is 14.3 Å². The van der Waals surface area contributed by atoms with Gasteiger partial charge in [-0.05, 0) is 54.3 Å². The highest BCUT2D eigenvalue weighted by molar-refractivity contribution is 7.99. The summed E-state index contributed by atoms with van der Waals surface area (Å²) in [6.07, 6.45) is 1.21. The summed E-state index contributed by atoms with van der Waals surface area (Å²) < 4.78 is 5.39. The molecular formula is C30H34Cl2N2O3S. The second-order valence-electron chi connectivity index (χ2n) is 9.14. The first kappa shape index (κ1) is 29.9. The molecule has 0 saturated heterocycles. The topological polar surface area (TPSA) is 58.6 Å². The molecule has 38 heavy (non-hydrogen) atoms. The molecular weight excluding hydrogens is 539 g/mol. The van der Waals surface area contributed by atoms with E-state index in [-0.39, 0.29) is 30.2 Å². The number of hydrogen-bond acceptors (Lipinski definition) is 4. The molecule has 0 spiro atoms. The Morgan fingerprint density at radius 1 is 0.947 bits per heavy atom. The van der Waals surface area contributed by atoms with Gasteiger partial charge in [0.05, 0.1) is 22.9 Å². The third-order valence-corrected chi connectivity index (χ3v) is 7.97. The van der Waals surface area contributed by atoms with Gasteiger partial charge in [0.2, 0.25) is 11.8 Å². The normalized spacial score (nSPS) is 12.4. The minimum atomic E-state index is -0.671. The monoisotopic (exact) mass is 572 g/mol. The van der Waals surface area contributed by atoms with Gasteiger partial charge in [-0.2, -0.15) is 0 Å². The first-order valence-corrected chi connectivity index (χ1v) is 14.5. The van der Waals surface area contributed by atoms with Crippen LogP contribution in [0.25, 0.3) is 0 Å². The van der Waals surface area contributed by atoms with Gasteiger partial charge in [0, 0.05) is 24.8 Å². The molecule has 0 radical (unpaired) electrons. The summed E-state index contributed by atoms with van der Waals surface area (Å²) in [6.45, 7) is 4.28. The van der Waals surface area contributed by atoms with E-state index >= 15 is 0 Å². The number of carbonyl (C=O) groups is 2. The van der Waals surface area contributed by atoms with Crippen molar-refractivity contribution in [3.63, 3.8) is 0 Å². The van der Waals surface area contributed by atoms with Gasteiger partial charge in [-0.3, -0.25) is 9.59 Å². The molecule has 202 valence electrons. The summed E-state index contributed by atoms with van der Waals surface area (Å²) >= 11 is 13.7. The van der Waals surface area contributed by atoms with Crippen LogP contribution >= 0.6 is 35.0 Å². The zero-order valence-corrected chi connectivity index (χ0v) is 24.3. The maximum atomic E-state index is 13.8. The van der Waals surface area contributed by atoms with Gasteiger partial charge >= 0.3 is 0 Å². The molecule has 5 nitrogen and oxygen atoms in total. The summed E-state index contributed by atoms with van der Waals surface area (Å²) in [4.78, 5) is 29.0. The number of hydrogen-bond donors (Lipinski definition) is 1. The number of amides is 2. The average Bonchev–Trinajstić information content (AvgIpc) is 2.93. The van der Waals surface area contributed by atoms with Crippen LogP contribution in [0, 0.1) is 0 Å². The van der Waals surface area contributed by atoms with Gasteiger partial charge in [-0.15, -0.1) is 11.8 Å². The summed E-state index contributed by atoms with van der Waals surface area (Å²) in [5.41, 5.74) is 2.86. The van der Waals surface area contributed by atoms with Crippen molar-refractivity contribution in [2.24, 2.45) is 0 Å². The fraction of sp³-hybridized carbons (Fsp3) is 0.333. The predicted octanol–water partition coefficient (Wildman–Crippen LogP) is 6.79. The molecule has 0 unspecified atom stereocenters. The van der Waals surface area contributed by atoms with Gasteiger partial charge in [0.25, 0.3) is 0 Å². The SMILES string of the molecule is CC[C@@H](C)NC(=O)[C@H](Cc1ccccc1)N(Cc1cccc(OC)c1)C(=O)CSCc1ccc(Cl)c(Cl)c1. The number of methoxy groups -OCH3 is 1. The van der Waals surface area contributed by atoms with Crippen LogP contribution in [0.2, 0.25) is 10.0 Å². The summed E-state index contributed by atoms with van der Waals surface area (Å²) in [5.74, 6) is 1.24. The molecule has 1 N–H and O–H groups in total. The van der Waals surface area contributed by atoms with E-state index in [0.29, 0.717) is 28.0 Å². The second-order valence-corrected chi connectivity index (χ2v) is 10.9. The van der Waals surface area contributed by atoms with Crippen LogP contribution < -0.4 is 10.1 Å². The number of nitrogens with zero attached hydrogens (tertiary/aromatic N) is 1. The molecule has 0 aliphatic rings.